The average Bonchev–Trinajstić information content (AvgIpc) is 3.14. The zero-order valence-corrected chi connectivity index (χ0v) is 12.7. The first-order valence-corrected chi connectivity index (χ1v) is 6.88. The van der Waals surface area contributed by atoms with Gasteiger partial charge in [0.1, 0.15) is 0 Å². The Balaban J connectivity index is 1.96. The van der Waals surface area contributed by atoms with Crippen LogP contribution < -0.4 is 9.47 Å². The van der Waals surface area contributed by atoms with E-state index in [0.29, 0.717) is 35.1 Å². The van der Waals surface area contributed by atoms with Crippen LogP contribution in [0.3, 0.4) is 0 Å². The fourth-order valence-corrected chi connectivity index (χ4v) is 2.12. The number of pyridine rings is 1. The second kappa shape index (κ2) is 6.73. The van der Waals surface area contributed by atoms with Crippen molar-refractivity contribution in [2.75, 3.05) is 14.2 Å². The number of aromatic nitrogens is 5. The second-order valence-electron chi connectivity index (χ2n) is 4.64. The minimum absolute atomic E-state index is 0.441. The third-order valence-corrected chi connectivity index (χ3v) is 3.24. The lowest BCUT2D eigenvalue weighted by Gasteiger charge is -2.25. The molecule has 23 heavy (non-hydrogen) atoms. The first-order chi connectivity index (χ1) is 11.3. The molecule has 118 valence electrons. The van der Waals surface area contributed by atoms with E-state index >= 15 is 0 Å². The van der Waals surface area contributed by atoms with Gasteiger partial charge in [0.2, 0.25) is 5.82 Å². The Morgan fingerprint density at radius 1 is 1.17 bits per heavy atom. The SMILES string of the molecule is COc1cc([N-]Cc2cccnc2)c(-c2nn[nH]n2)cc1OC. The molecule has 0 saturated carbocycles. The molecule has 1 aromatic carbocycles. The quantitative estimate of drug-likeness (QED) is 0.750. The Labute approximate surface area is 132 Å². The molecule has 8 heteroatoms. The maximum Gasteiger partial charge on any atom is 0.203 e. The summed E-state index contributed by atoms with van der Waals surface area (Å²) in [4.78, 5) is 4.09. The monoisotopic (exact) mass is 311 g/mol. The molecule has 0 aliphatic heterocycles. The summed E-state index contributed by atoms with van der Waals surface area (Å²) in [7, 11) is 3.15. The molecule has 0 saturated heterocycles. The summed E-state index contributed by atoms with van der Waals surface area (Å²) in [5, 5.41) is 18.7. The molecule has 0 aliphatic rings. The molecule has 0 atom stereocenters. The fourth-order valence-electron chi connectivity index (χ4n) is 2.12. The molecule has 1 N–H and O–H groups in total. The summed E-state index contributed by atoms with van der Waals surface area (Å²) in [5.41, 5.74) is 2.40. The van der Waals surface area contributed by atoms with Gasteiger partial charge in [-0.15, -0.1) is 22.4 Å². The van der Waals surface area contributed by atoms with Crippen molar-refractivity contribution in [3.63, 3.8) is 0 Å². The lowest BCUT2D eigenvalue weighted by Crippen LogP contribution is -1.94. The average molecular weight is 311 g/mol. The van der Waals surface area contributed by atoms with Crippen LogP contribution in [0.5, 0.6) is 11.5 Å². The third-order valence-electron chi connectivity index (χ3n) is 3.24. The lowest BCUT2D eigenvalue weighted by molar-refractivity contribution is 0.355. The number of benzene rings is 1. The van der Waals surface area contributed by atoms with Gasteiger partial charge in [0, 0.05) is 18.0 Å². The Kier molecular flexibility index (Phi) is 4.32. The number of tetrazole rings is 1. The number of aromatic amines is 1. The highest BCUT2D eigenvalue weighted by Crippen LogP contribution is 2.41. The van der Waals surface area contributed by atoms with Gasteiger partial charge in [-0.05, 0) is 29.0 Å². The molecular weight excluding hydrogens is 296 g/mol. The summed E-state index contributed by atoms with van der Waals surface area (Å²) in [6.45, 7) is 0.480. The normalized spacial score (nSPS) is 10.3. The number of ether oxygens (including phenoxy) is 2. The molecule has 0 radical (unpaired) electrons. The molecule has 0 unspecified atom stereocenters. The van der Waals surface area contributed by atoms with Gasteiger partial charge in [0.05, 0.1) is 14.2 Å². The summed E-state index contributed by atoms with van der Waals surface area (Å²) >= 11 is 0. The number of rotatable bonds is 6. The number of nitrogens with one attached hydrogen (secondary N) is 1. The van der Waals surface area contributed by atoms with E-state index in [0.717, 1.165) is 5.56 Å². The van der Waals surface area contributed by atoms with Crippen LogP contribution in [-0.4, -0.2) is 39.8 Å². The van der Waals surface area contributed by atoms with E-state index in [9.17, 15) is 0 Å². The van der Waals surface area contributed by atoms with E-state index in [-0.39, 0.29) is 0 Å². The standard InChI is InChI=1S/C15H15N6O2/c1-22-13-6-11(15-18-20-21-19-15)12(7-14(13)23-2)17-9-10-4-3-5-16-8-10/h3-8H,9H2,1-2H3,(H,18,19,20,21)/q-1. The summed E-state index contributed by atoms with van der Waals surface area (Å²) < 4.78 is 10.7. The third kappa shape index (κ3) is 3.20. The van der Waals surface area contributed by atoms with E-state index in [4.69, 9.17) is 9.47 Å². The van der Waals surface area contributed by atoms with Crippen LogP contribution in [0.25, 0.3) is 16.7 Å². The summed E-state index contributed by atoms with van der Waals surface area (Å²) in [5.74, 6) is 1.60. The highest BCUT2D eigenvalue weighted by molar-refractivity contribution is 5.79. The van der Waals surface area contributed by atoms with E-state index in [1.54, 1.807) is 38.7 Å². The lowest BCUT2D eigenvalue weighted by atomic mass is 10.1. The van der Waals surface area contributed by atoms with E-state index in [1.165, 1.54) is 0 Å². The molecule has 0 bridgehead atoms. The van der Waals surface area contributed by atoms with Gasteiger partial charge in [0.15, 0.2) is 11.5 Å². The molecule has 0 aliphatic carbocycles. The van der Waals surface area contributed by atoms with E-state index in [2.05, 4.69) is 30.9 Å². The number of hydrogen-bond donors (Lipinski definition) is 1. The van der Waals surface area contributed by atoms with Gasteiger partial charge in [-0.1, -0.05) is 6.07 Å². The van der Waals surface area contributed by atoms with Gasteiger partial charge >= 0.3 is 0 Å². The predicted octanol–water partition coefficient (Wildman–Crippen LogP) is 2.48. The van der Waals surface area contributed by atoms with Crippen LogP contribution in [0.2, 0.25) is 0 Å². The number of hydrogen-bond acceptors (Lipinski definition) is 6. The zero-order valence-electron chi connectivity index (χ0n) is 12.7. The maximum atomic E-state index is 5.34. The van der Waals surface area contributed by atoms with Crippen molar-refractivity contribution in [3.8, 4) is 22.9 Å². The van der Waals surface area contributed by atoms with Gasteiger partial charge < -0.3 is 14.8 Å². The van der Waals surface area contributed by atoms with Crippen LogP contribution in [-0.2, 0) is 6.54 Å². The van der Waals surface area contributed by atoms with Crippen molar-refractivity contribution in [1.82, 2.24) is 25.6 Å². The fraction of sp³-hybridized carbons (Fsp3) is 0.200. The molecule has 0 spiro atoms. The maximum absolute atomic E-state index is 5.34. The van der Waals surface area contributed by atoms with Crippen LogP contribution in [0.15, 0.2) is 36.7 Å². The van der Waals surface area contributed by atoms with E-state index in [1.807, 2.05) is 12.1 Å². The Hall–Kier alpha value is -3.16. The number of nitrogens with zero attached hydrogens (tertiary/aromatic N) is 5. The van der Waals surface area contributed by atoms with Gasteiger partial charge in [-0.2, -0.15) is 5.21 Å². The molecule has 2 aromatic heterocycles. The minimum Gasteiger partial charge on any atom is -0.680 e. The molecule has 0 amide bonds. The molecular formula is C15H15N6O2-. The predicted molar refractivity (Wildman–Crippen MR) is 83.7 cm³/mol. The van der Waals surface area contributed by atoms with Crippen LogP contribution >= 0.6 is 0 Å². The topological polar surface area (TPSA) is 99.9 Å². The molecule has 0 fully saturated rings. The van der Waals surface area contributed by atoms with Crippen LogP contribution in [0.1, 0.15) is 5.56 Å². The van der Waals surface area contributed by atoms with Gasteiger partial charge in [0.25, 0.3) is 0 Å². The van der Waals surface area contributed by atoms with Crippen molar-refractivity contribution >= 4 is 5.69 Å². The zero-order chi connectivity index (χ0) is 16.1. The van der Waals surface area contributed by atoms with Crippen molar-refractivity contribution in [2.24, 2.45) is 0 Å². The second-order valence-corrected chi connectivity index (χ2v) is 4.64. The Morgan fingerprint density at radius 2 is 2.00 bits per heavy atom. The minimum atomic E-state index is 0.441. The molecule has 3 rings (SSSR count). The summed E-state index contributed by atoms with van der Waals surface area (Å²) in [6.07, 6.45) is 3.50. The first-order valence-electron chi connectivity index (χ1n) is 6.88. The number of H-pyrrole nitrogens is 1. The Morgan fingerprint density at radius 3 is 2.65 bits per heavy atom. The highest BCUT2D eigenvalue weighted by atomic mass is 16.5. The van der Waals surface area contributed by atoms with Crippen LogP contribution in [0, 0.1) is 0 Å². The van der Waals surface area contributed by atoms with E-state index < -0.39 is 0 Å². The van der Waals surface area contributed by atoms with Gasteiger partial charge in [-0.3, -0.25) is 4.98 Å². The highest BCUT2D eigenvalue weighted by Gasteiger charge is 2.11. The summed E-state index contributed by atoms with van der Waals surface area (Å²) in [6, 6.07) is 7.41. The largest absolute Gasteiger partial charge is 0.680 e. The number of methoxy groups -OCH3 is 2. The molecule has 3 aromatic rings. The molecule has 2 heterocycles. The Bertz CT molecular complexity index is 761. The van der Waals surface area contributed by atoms with Crippen LogP contribution in [0.4, 0.5) is 5.69 Å². The molecule has 8 nitrogen and oxygen atoms in total. The van der Waals surface area contributed by atoms with Gasteiger partial charge in [-0.25, -0.2) is 0 Å². The van der Waals surface area contributed by atoms with Crippen molar-refractivity contribution in [1.29, 1.82) is 0 Å². The van der Waals surface area contributed by atoms with Crippen molar-refractivity contribution < 1.29 is 9.47 Å². The van der Waals surface area contributed by atoms with Crippen molar-refractivity contribution in [2.45, 2.75) is 6.54 Å². The smallest absolute Gasteiger partial charge is 0.203 e. The van der Waals surface area contributed by atoms with Crippen molar-refractivity contribution in [3.05, 3.63) is 47.5 Å². The first kappa shape index (κ1) is 14.8.